The number of rotatable bonds is 3. The molecule has 0 spiro atoms. The van der Waals surface area contributed by atoms with E-state index in [4.69, 9.17) is 9.84 Å². The lowest BCUT2D eigenvalue weighted by Crippen LogP contribution is -1.96. The van der Waals surface area contributed by atoms with E-state index in [1.54, 1.807) is 0 Å². The van der Waals surface area contributed by atoms with Crippen LogP contribution in [0.15, 0.2) is 0 Å². The van der Waals surface area contributed by atoms with Crippen LogP contribution in [0.2, 0.25) is 0 Å². The molecule has 11 heavy (non-hydrogen) atoms. The van der Waals surface area contributed by atoms with Gasteiger partial charge in [0, 0.05) is 7.11 Å². The van der Waals surface area contributed by atoms with Gasteiger partial charge in [-0.05, 0) is 11.5 Å². The highest BCUT2D eigenvalue weighted by Gasteiger charge is 2.09. The topological polar surface area (TPSA) is 72.3 Å². The fourth-order valence-corrected chi connectivity index (χ4v) is 1.04. The molecule has 0 saturated heterocycles. The number of ether oxygens (including phenoxy) is 1. The Labute approximate surface area is 66.8 Å². The normalized spacial score (nSPS) is 9.91. The Bertz CT molecular complexity index is 260. The molecule has 1 rings (SSSR count). The predicted octanol–water partition coefficient (Wildman–Crippen LogP) is 0.383. The lowest BCUT2D eigenvalue weighted by atomic mass is 10.6. The summed E-state index contributed by atoms with van der Waals surface area (Å²) in [4.78, 5) is 14.0. The highest BCUT2D eigenvalue weighted by molar-refractivity contribution is 7.07. The number of hydrogen-bond donors (Lipinski definition) is 1. The van der Waals surface area contributed by atoms with Crippen molar-refractivity contribution >= 4 is 17.5 Å². The number of carboxylic acids is 1. The Balaban J connectivity index is 2.73. The van der Waals surface area contributed by atoms with E-state index in [0.717, 1.165) is 11.5 Å². The van der Waals surface area contributed by atoms with E-state index in [0.29, 0.717) is 5.82 Å². The molecular weight excluding hydrogens is 168 g/mol. The molecule has 0 aliphatic carbocycles. The molecule has 0 unspecified atom stereocenters. The van der Waals surface area contributed by atoms with Crippen LogP contribution in [0.1, 0.15) is 15.6 Å². The Morgan fingerprint density at radius 3 is 3.00 bits per heavy atom. The standard InChI is InChI=1S/C5H6N2O3S/c1-10-2-3-6-4(5(8)9)11-7-3/h2H2,1H3,(H,8,9). The van der Waals surface area contributed by atoms with Crippen molar-refractivity contribution in [3.05, 3.63) is 10.8 Å². The number of aromatic nitrogens is 2. The third-order valence-electron chi connectivity index (χ3n) is 0.924. The maximum atomic E-state index is 10.3. The predicted molar refractivity (Wildman–Crippen MR) is 37.6 cm³/mol. The van der Waals surface area contributed by atoms with Crippen LogP contribution in [-0.2, 0) is 11.3 Å². The first kappa shape index (κ1) is 8.09. The molecule has 1 aromatic heterocycles. The summed E-state index contributed by atoms with van der Waals surface area (Å²) in [6, 6.07) is 0. The molecule has 1 aromatic rings. The zero-order chi connectivity index (χ0) is 8.27. The fourth-order valence-electron chi connectivity index (χ4n) is 0.529. The van der Waals surface area contributed by atoms with Crippen molar-refractivity contribution in [3.63, 3.8) is 0 Å². The fraction of sp³-hybridized carbons (Fsp3) is 0.400. The molecule has 1 heterocycles. The van der Waals surface area contributed by atoms with Crippen molar-refractivity contribution in [2.45, 2.75) is 6.61 Å². The third kappa shape index (κ3) is 1.95. The number of carboxylic acid groups (broad SMARTS) is 1. The molecule has 0 radical (unpaired) electrons. The summed E-state index contributed by atoms with van der Waals surface area (Å²) in [5, 5.41) is 8.43. The first-order valence-corrected chi connectivity index (χ1v) is 3.56. The van der Waals surface area contributed by atoms with Crippen molar-refractivity contribution < 1.29 is 14.6 Å². The summed E-state index contributed by atoms with van der Waals surface area (Å²) in [7, 11) is 1.50. The lowest BCUT2D eigenvalue weighted by molar-refractivity contribution is 0.0695. The summed E-state index contributed by atoms with van der Waals surface area (Å²) in [6.45, 7) is 0.254. The minimum atomic E-state index is -1.05. The van der Waals surface area contributed by atoms with Gasteiger partial charge in [0.15, 0.2) is 5.82 Å². The average Bonchev–Trinajstić information content (AvgIpc) is 2.37. The summed E-state index contributed by atoms with van der Waals surface area (Å²) in [6.07, 6.45) is 0. The minimum Gasteiger partial charge on any atom is -0.476 e. The summed E-state index contributed by atoms with van der Waals surface area (Å²) in [5.74, 6) is -0.639. The molecular formula is C5H6N2O3S. The van der Waals surface area contributed by atoms with Crippen LogP contribution in [0.5, 0.6) is 0 Å². The second-order valence-electron chi connectivity index (χ2n) is 1.75. The molecule has 0 amide bonds. The van der Waals surface area contributed by atoms with Crippen LogP contribution in [-0.4, -0.2) is 27.5 Å². The van der Waals surface area contributed by atoms with Gasteiger partial charge in [0.05, 0.1) is 0 Å². The van der Waals surface area contributed by atoms with Crippen LogP contribution >= 0.6 is 11.5 Å². The zero-order valence-electron chi connectivity index (χ0n) is 5.77. The van der Waals surface area contributed by atoms with Gasteiger partial charge in [0.25, 0.3) is 0 Å². The Morgan fingerprint density at radius 1 is 1.82 bits per heavy atom. The van der Waals surface area contributed by atoms with Crippen LogP contribution in [0.3, 0.4) is 0 Å². The first-order chi connectivity index (χ1) is 5.24. The van der Waals surface area contributed by atoms with Gasteiger partial charge in [0.1, 0.15) is 6.61 Å². The van der Waals surface area contributed by atoms with Crippen LogP contribution < -0.4 is 0 Å². The first-order valence-electron chi connectivity index (χ1n) is 2.79. The molecule has 0 atom stereocenters. The van der Waals surface area contributed by atoms with Gasteiger partial charge in [-0.3, -0.25) is 0 Å². The maximum absolute atomic E-state index is 10.3. The summed E-state index contributed by atoms with van der Waals surface area (Å²) in [5.41, 5.74) is 0. The molecule has 6 heteroatoms. The van der Waals surface area contributed by atoms with Gasteiger partial charge in [-0.15, -0.1) is 0 Å². The van der Waals surface area contributed by atoms with Gasteiger partial charge < -0.3 is 9.84 Å². The van der Waals surface area contributed by atoms with Gasteiger partial charge in [-0.1, -0.05) is 0 Å². The Hall–Kier alpha value is -1.01. The molecule has 5 nitrogen and oxygen atoms in total. The van der Waals surface area contributed by atoms with E-state index in [9.17, 15) is 4.79 Å². The molecule has 0 aliphatic rings. The number of hydrogen-bond acceptors (Lipinski definition) is 5. The smallest absolute Gasteiger partial charge is 0.366 e. The van der Waals surface area contributed by atoms with E-state index >= 15 is 0 Å². The van der Waals surface area contributed by atoms with Crippen molar-refractivity contribution in [1.82, 2.24) is 9.36 Å². The SMILES string of the molecule is COCc1nsc(C(=O)O)n1. The van der Waals surface area contributed by atoms with Gasteiger partial charge in [-0.2, -0.15) is 4.37 Å². The molecule has 0 aliphatic heterocycles. The van der Waals surface area contributed by atoms with Crippen molar-refractivity contribution in [3.8, 4) is 0 Å². The van der Waals surface area contributed by atoms with E-state index in [2.05, 4.69) is 9.36 Å². The van der Waals surface area contributed by atoms with Gasteiger partial charge >= 0.3 is 5.97 Å². The number of carbonyl (C=O) groups is 1. The maximum Gasteiger partial charge on any atom is 0.366 e. The molecule has 1 N–H and O–H groups in total. The van der Waals surface area contributed by atoms with E-state index in [1.807, 2.05) is 0 Å². The lowest BCUT2D eigenvalue weighted by Gasteiger charge is -1.87. The second-order valence-corrected chi connectivity index (χ2v) is 2.51. The molecule has 0 saturated carbocycles. The molecule has 0 aromatic carbocycles. The highest BCUT2D eigenvalue weighted by Crippen LogP contribution is 2.04. The van der Waals surface area contributed by atoms with Crippen LogP contribution in [0, 0.1) is 0 Å². The third-order valence-corrected chi connectivity index (χ3v) is 1.67. The molecule has 0 bridgehead atoms. The number of methoxy groups -OCH3 is 1. The highest BCUT2D eigenvalue weighted by atomic mass is 32.1. The van der Waals surface area contributed by atoms with E-state index < -0.39 is 5.97 Å². The van der Waals surface area contributed by atoms with E-state index in [-0.39, 0.29) is 11.6 Å². The van der Waals surface area contributed by atoms with E-state index in [1.165, 1.54) is 7.11 Å². The molecule has 60 valence electrons. The summed E-state index contributed by atoms with van der Waals surface area (Å²) < 4.78 is 8.46. The molecule has 0 fully saturated rings. The number of nitrogens with zero attached hydrogens (tertiary/aromatic N) is 2. The summed E-state index contributed by atoms with van der Waals surface area (Å²) >= 11 is 0.857. The van der Waals surface area contributed by atoms with Crippen molar-refractivity contribution in [2.24, 2.45) is 0 Å². The minimum absolute atomic E-state index is 0.00273. The largest absolute Gasteiger partial charge is 0.476 e. The Kier molecular flexibility index (Phi) is 2.50. The average molecular weight is 174 g/mol. The van der Waals surface area contributed by atoms with Crippen molar-refractivity contribution in [1.29, 1.82) is 0 Å². The number of aromatic carboxylic acids is 1. The van der Waals surface area contributed by atoms with Crippen LogP contribution in [0.25, 0.3) is 0 Å². The zero-order valence-corrected chi connectivity index (χ0v) is 6.59. The van der Waals surface area contributed by atoms with Gasteiger partial charge in [0.2, 0.25) is 5.01 Å². The Morgan fingerprint density at radius 2 is 2.55 bits per heavy atom. The second kappa shape index (κ2) is 3.40. The van der Waals surface area contributed by atoms with Gasteiger partial charge in [-0.25, -0.2) is 9.78 Å². The monoisotopic (exact) mass is 174 g/mol. The van der Waals surface area contributed by atoms with Crippen LogP contribution in [0.4, 0.5) is 0 Å². The van der Waals surface area contributed by atoms with Crippen molar-refractivity contribution in [2.75, 3.05) is 7.11 Å². The quantitative estimate of drug-likeness (QED) is 0.717.